The Bertz CT molecular complexity index is 588. The minimum absolute atomic E-state index is 0.0159. The molecule has 1 aromatic rings. The molecule has 7 heteroatoms. The molecule has 0 aromatic heterocycles. The Kier molecular flexibility index (Phi) is 4.08. The summed E-state index contributed by atoms with van der Waals surface area (Å²) in [6.07, 6.45) is -0.0553. The van der Waals surface area contributed by atoms with Gasteiger partial charge in [0.15, 0.2) is 0 Å². The molecule has 20 heavy (non-hydrogen) atoms. The summed E-state index contributed by atoms with van der Waals surface area (Å²) in [7, 11) is 0. The third kappa shape index (κ3) is 2.67. The van der Waals surface area contributed by atoms with Crippen molar-refractivity contribution in [3.63, 3.8) is 0 Å². The third-order valence-electron chi connectivity index (χ3n) is 3.26. The zero-order valence-corrected chi connectivity index (χ0v) is 12.1. The molecule has 1 unspecified atom stereocenters. The molecule has 1 aliphatic heterocycles. The number of halogens is 1. The molecule has 1 aromatic carbocycles. The number of carboxylic acid groups (broad SMARTS) is 1. The Balaban J connectivity index is 2.25. The minimum Gasteiger partial charge on any atom is -0.480 e. The highest BCUT2D eigenvalue weighted by Gasteiger charge is 2.37. The smallest absolute Gasteiger partial charge is 0.326 e. The molecule has 0 radical (unpaired) electrons. The van der Waals surface area contributed by atoms with E-state index in [1.165, 1.54) is 4.90 Å². The number of carbonyl (C=O) groups excluding carboxylic acids is 2. The van der Waals surface area contributed by atoms with Gasteiger partial charge in [-0.1, -0.05) is 22.0 Å². The van der Waals surface area contributed by atoms with Crippen LogP contribution in [0.1, 0.15) is 28.8 Å². The lowest BCUT2D eigenvalue weighted by atomic mass is 10.1. The number of nitrogens with two attached hydrogens (primary N) is 1. The van der Waals surface area contributed by atoms with Gasteiger partial charge >= 0.3 is 5.97 Å². The van der Waals surface area contributed by atoms with Crippen molar-refractivity contribution < 1.29 is 19.5 Å². The van der Waals surface area contributed by atoms with Crippen molar-refractivity contribution in [2.75, 3.05) is 0 Å². The number of carbonyl (C=O) groups is 3. The van der Waals surface area contributed by atoms with Crippen molar-refractivity contribution in [1.29, 1.82) is 0 Å². The first-order valence-electron chi connectivity index (χ1n) is 6.01. The molecule has 1 atom stereocenters. The first-order valence-corrected chi connectivity index (χ1v) is 6.80. The second kappa shape index (κ2) is 5.62. The quantitative estimate of drug-likeness (QED) is 0.838. The van der Waals surface area contributed by atoms with Crippen LogP contribution in [0, 0.1) is 0 Å². The van der Waals surface area contributed by atoms with Crippen LogP contribution < -0.4 is 5.73 Å². The molecule has 6 nitrogen and oxygen atoms in total. The number of fused-ring (bicyclic) bond motifs is 1. The van der Waals surface area contributed by atoms with Gasteiger partial charge in [-0.2, -0.15) is 0 Å². The van der Waals surface area contributed by atoms with E-state index in [-0.39, 0.29) is 25.3 Å². The van der Waals surface area contributed by atoms with Gasteiger partial charge in [-0.15, -0.1) is 0 Å². The number of benzene rings is 1. The van der Waals surface area contributed by atoms with Crippen LogP contribution in [0.5, 0.6) is 0 Å². The van der Waals surface area contributed by atoms with E-state index in [0.29, 0.717) is 5.56 Å². The Morgan fingerprint density at radius 2 is 2.15 bits per heavy atom. The number of hydrogen-bond donors (Lipinski definition) is 2. The predicted octanol–water partition coefficient (Wildman–Crippen LogP) is 1.12. The number of aliphatic carboxylic acids is 1. The van der Waals surface area contributed by atoms with Crippen molar-refractivity contribution in [1.82, 2.24) is 4.90 Å². The maximum atomic E-state index is 12.3. The Morgan fingerprint density at radius 3 is 2.70 bits per heavy atom. The van der Waals surface area contributed by atoms with Gasteiger partial charge in [0.25, 0.3) is 5.91 Å². The summed E-state index contributed by atoms with van der Waals surface area (Å²) < 4.78 is 0.768. The van der Waals surface area contributed by atoms with E-state index < -0.39 is 17.9 Å². The predicted molar refractivity (Wildman–Crippen MR) is 73.9 cm³/mol. The molecule has 0 fully saturated rings. The van der Waals surface area contributed by atoms with E-state index in [2.05, 4.69) is 15.9 Å². The third-order valence-corrected chi connectivity index (χ3v) is 4.01. The molecule has 0 saturated carbocycles. The van der Waals surface area contributed by atoms with Gasteiger partial charge in [0.05, 0.1) is 0 Å². The monoisotopic (exact) mass is 340 g/mol. The molecule has 0 bridgehead atoms. The summed E-state index contributed by atoms with van der Waals surface area (Å²) in [5, 5.41) is 9.25. The standard InChI is InChI=1S/C13H13BrN2O4/c14-9-3-1-2-7-8(9)6-16(12(7)18)10(13(19)20)4-5-11(15)17/h1-3,10H,4-6H2,(H2,15,17)(H,19,20). The van der Waals surface area contributed by atoms with Crippen LogP contribution in [0.2, 0.25) is 0 Å². The summed E-state index contributed by atoms with van der Waals surface area (Å²) >= 11 is 3.35. The lowest BCUT2D eigenvalue weighted by Crippen LogP contribution is -2.42. The number of carboxylic acids is 1. The number of nitrogens with zero attached hydrogens (tertiary/aromatic N) is 1. The van der Waals surface area contributed by atoms with E-state index in [4.69, 9.17) is 5.73 Å². The van der Waals surface area contributed by atoms with Gasteiger partial charge in [0.1, 0.15) is 6.04 Å². The van der Waals surface area contributed by atoms with Gasteiger partial charge < -0.3 is 15.7 Å². The fourth-order valence-electron chi connectivity index (χ4n) is 2.26. The minimum atomic E-state index is -1.14. The Hall–Kier alpha value is -1.89. The average Bonchev–Trinajstić information content (AvgIpc) is 2.69. The van der Waals surface area contributed by atoms with Crippen LogP contribution in [0.3, 0.4) is 0 Å². The first-order chi connectivity index (χ1) is 9.41. The first kappa shape index (κ1) is 14.5. The molecule has 0 saturated heterocycles. The molecular weight excluding hydrogens is 328 g/mol. The Morgan fingerprint density at radius 1 is 1.45 bits per heavy atom. The van der Waals surface area contributed by atoms with E-state index >= 15 is 0 Å². The summed E-state index contributed by atoms with van der Waals surface area (Å²) in [6.45, 7) is 0.214. The highest BCUT2D eigenvalue weighted by molar-refractivity contribution is 9.10. The molecule has 2 rings (SSSR count). The molecule has 1 heterocycles. The van der Waals surface area contributed by atoms with E-state index in [1.807, 2.05) is 0 Å². The van der Waals surface area contributed by atoms with Gasteiger partial charge in [-0.05, 0) is 24.1 Å². The largest absolute Gasteiger partial charge is 0.480 e. The van der Waals surface area contributed by atoms with Gasteiger partial charge in [-0.3, -0.25) is 9.59 Å². The fourth-order valence-corrected chi connectivity index (χ4v) is 2.75. The molecule has 0 aliphatic carbocycles. The maximum absolute atomic E-state index is 12.3. The number of primary amides is 1. The second-order valence-corrected chi connectivity index (χ2v) is 5.41. The highest BCUT2D eigenvalue weighted by atomic mass is 79.9. The van der Waals surface area contributed by atoms with E-state index in [0.717, 1.165) is 10.0 Å². The normalized spacial score (nSPS) is 15.1. The van der Waals surface area contributed by atoms with Crippen molar-refractivity contribution >= 4 is 33.7 Å². The van der Waals surface area contributed by atoms with Crippen LogP contribution >= 0.6 is 15.9 Å². The van der Waals surface area contributed by atoms with Crippen LogP contribution in [0.4, 0.5) is 0 Å². The maximum Gasteiger partial charge on any atom is 0.326 e. The van der Waals surface area contributed by atoms with Crippen LogP contribution in [-0.2, 0) is 16.1 Å². The SMILES string of the molecule is NC(=O)CCC(C(=O)O)N1Cc2c(Br)cccc2C1=O. The summed E-state index contributed by atoms with van der Waals surface area (Å²) in [6, 6.07) is 4.14. The fraction of sp³-hybridized carbons (Fsp3) is 0.308. The zero-order valence-electron chi connectivity index (χ0n) is 10.5. The van der Waals surface area contributed by atoms with Gasteiger partial charge in [0, 0.05) is 23.0 Å². The molecular formula is C13H13BrN2O4. The summed E-state index contributed by atoms with van der Waals surface area (Å²) in [5.41, 5.74) is 6.30. The number of rotatable bonds is 5. The van der Waals surface area contributed by atoms with Crippen molar-refractivity contribution in [2.45, 2.75) is 25.4 Å². The van der Waals surface area contributed by atoms with E-state index in [9.17, 15) is 19.5 Å². The molecule has 0 spiro atoms. The summed E-state index contributed by atoms with van der Waals surface area (Å²) in [4.78, 5) is 35.7. The van der Waals surface area contributed by atoms with Crippen LogP contribution in [0.25, 0.3) is 0 Å². The molecule has 106 valence electrons. The zero-order chi connectivity index (χ0) is 14.9. The van der Waals surface area contributed by atoms with E-state index in [1.54, 1.807) is 18.2 Å². The van der Waals surface area contributed by atoms with Crippen molar-refractivity contribution in [2.24, 2.45) is 5.73 Å². The highest BCUT2D eigenvalue weighted by Crippen LogP contribution is 2.31. The Labute approximate surface area is 123 Å². The number of amides is 2. The summed E-state index contributed by atoms with van der Waals surface area (Å²) in [5.74, 6) is -2.05. The molecule has 2 amide bonds. The lowest BCUT2D eigenvalue weighted by molar-refractivity contribution is -0.142. The average molecular weight is 341 g/mol. The second-order valence-electron chi connectivity index (χ2n) is 4.56. The van der Waals surface area contributed by atoms with Gasteiger partial charge in [-0.25, -0.2) is 4.79 Å². The topological polar surface area (TPSA) is 101 Å². The lowest BCUT2D eigenvalue weighted by Gasteiger charge is -2.23. The van der Waals surface area contributed by atoms with Crippen molar-refractivity contribution in [3.8, 4) is 0 Å². The molecule has 3 N–H and O–H groups in total. The van der Waals surface area contributed by atoms with Gasteiger partial charge in [0.2, 0.25) is 5.91 Å². The van der Waals surface area contributed by atoms with Crippen LogP contribution in [-0.4, -0.2) is 33.8 Å². The van der Waals surface area contributed by atoms with Crippen molar-refractivity contribution in [3.05, 3.63) is 33.8 Å². The van der Waals surface area contributed by atoms with Crippen LogP contribution in [0.15, 0.2) is 22.7 Å². The number of hydrogen-bond acceptors (Lipinski definition) is 3. The molecule has 1 aliphatic rings.